The van der Waals surface area contributed by atoms with Crippen molar-refractivity contribution in [3.05, 3.63) is 28.8 Å². The van der Waals surface area contributed by atoms with Crippen molar-refractivity contribution in [2.45, 2.75) is 38.1 Å². The van der Waals surface area contributed by atoms with Gasteiger partial charge in [0.2, 0.25) is 0 Å². The van der Waals surface area contributed by atoms with Crippen LogP contribution in [0.4, 0.5) is 5.69 Å². The summed E-state index contributed by atoms with van der Waals surface area (Å²) in [4.78, 5) is 25.1. The Morgan fingerprint density at radius 2 is 2.14 bits per heavy atom. The number of carboxylic acid groups (broad SMARTS) is 1. The standard InChI is InChI=1S/C15H19ClN2O3/c16-12-6-4-10(9-13(12)17)15(21)18-8-2-1-3-11(18)5-7-14(19)20/h4,6,9,11H,1-3,5,7-8,17H2,(H,19,20). The van der Waals surface area contributed by atoms with Crippen molar-refractivity contribution >= 4 is 29.2 Å². The van der Waals surface area contributed by atoms with E-state index in [4.69, 9.17) is 22.4 Å². The van der Waals surface area contributed by atoms with Crippen LogP contribution in [-0.2, 0) is 4.79 Å². The van der Waals surface area contributed by atoms with Crippen molar-refractivity contribution in [1.29, 1.82) is 0 Å². The number of likely N-dealkylation sites (tertiary alicyclic amines) is 1. The van der Waals surface area contributed by atoms with Crippen LogP contribution in [0.5, 0.6) is 0 Å². The van der Waals surface area contributed by atoms with Crippen LogP contribution in [-0.4, -0.2) is 34.5 Å². The molecule has 1 saturated heterocycles. The van der Waals surface area contributed by atoms with Gasteiger partial charge in [-0.15, -0.1) is 0 Å². The van der Waals surface area contributed by atoms with Gasteiger partial charge in [0, 0.05) is 24.6 Å². The number of carbonyl (C=O) groups is 2. The zero-order valence-corrected chi connectivity index (χ0v) is 12.5. The Kier molecular flexibility index (Phi) is 5.07. The van der Waals surface area contributed by atoms with Crippen LogP contribution in [0.25, 0.3) is 0 Å². The minimum atomic E-state index is -0.830. The first kappa shape index (κ1) is 15.6. The van der Waals surface area contributed by atoms with Gasteiger partial charge >= 0.3 is 5.97 Å². The molecule has 1 heterocycles. The zero-order chi connectivity index (χ0) is 15.4. The molecule has 1 aliphatic rings. The fourth-order valence-electron chi connectivity index (χ4n) is 2.70. The molecule has 6 heteroatoms. The van der Waals surface area contributed by atoms with Crippen LogP contribution in [0.15, 0.2) is 18.2 Å². The third-order valence-electron chi connectivity index (χ3n) is 3.82. The number of rotatable bonds is 4. The molecule has 0 aromatic heterocycles. The average molecular weight is 311 g/mol. The first-order chi connectivity index (χ1) is 9.99. The molecule has 1 aromatic rings. The predicted octanol–water partition coefficient (Wildman–Crippen LogP) is 2.78. The van der Waals surface area contributed by atoms with E-state index >= 15 is 0 Å². The van der Waals surface area contributed by atoms with Crippen molar-refractivity contribution in [3.8, 4) is 0 Å². The molecule has 1 atom stereocenters. The number of nitrogen functional groups attached to an aromatic ring is 1. The number of carbonyl (C=O) groups excluding carboxylic acids is 1. The maximum Gasteiger partial charge on any atom is 0.303 e. The van der Waals surface area contributed by atoms with Crippen LogP contribution in [0, 0.1) is 0 Å². The Bertz CT molecular complexity index is 548. The van der Waals surface area contributed by atoms with Gasteiger partial charge in [-0.25, -0.2) is 0 Å². The summed E-state index contributed by atoms with van der Waals surface area (Å²) in [6.45, 7) is 0.658. The number of nitrogens with two attached hydrogens (primary N) is 1. The Balaban J connectivity index is 2.13. The number of amides is 1. The molecule has 114 valence electrons. The molecule has 0 spiro atoms. The number of aliphatic carboxylic acids is 1. The van der Waals surface area contributed by atoms with Crippen LogP contribution in [0.1, 0.15) is 42.5 Å². The van der Waals surface area contributed by atoms with Gasteiger partial charge in [0.15, 0.2) is 0 Å². The second kappa shape index (κ2) is 6.80. The second-order valence-electron chi connectivity index (χ2n) is 5.32. The third-order valence-corrected chi connectivity index (χ3v) is 4.17. The molecule has 1 aromatic carbocycles. The molecular weight excluding hydrogens is 292 g/mol. The molecule has 1 aliphatic heterocycles. The smallest absolute Gasteiger partial charge is 0.303 e. The monoisotopic (exact) mass is 310 g/mol. The van der Waals surface area contributed by atoms with Crippen molar-refractivity contribution in [3.63, 3.8) is 0 Å². The highest BCUT2D eigenvalue weighted by Crippen LogP contribution is 2.25. The van der Waals surface area contributed by atoms with E-state index in [-0.39, 0.29) is 18.4 Å². The summed E-state index contributed by atoms with van der Waals surface area (Å²) in [5, 5.41) is 9.24. The van der Waals surface area contributed by atoms with E-state index in [9.17, 15) is 9.59 Å². The van der Waals surface area contributed by atoms with Gasteiger partial charge in [-0.3, -0.25) is 9.59 Å². The number of hydrogen-bond acceptors (Lipinski definition) is 3. The third kappa shape index (κ3) is 3.88. The summed E-state index contributed by atoms with van der Waals surface area (Å²) in [6, 6.07) is 4.83. The summed E-state index contributed by atoms with van der Waals surface area (Å²) in [5.41, 5.74) is 6.62. The minimum absolute atomic E-state index is 0.0146. The number of anilines is 1. The van der Waals surface area contributed by atoms with E-state index in [1.54, 1.807) is 23.1 Å². The van der Waals surface area contributed by atoms with Gasteiger partial charge in [0.25, 0.3) is 5.91 Å². The maximum absolute atomic E-state index is 12.6. The van der Waals surface area contributed by atoms with Gasteiger partial charge < -0.3 is 15.7 Å². The van der Waals surface area contributed by atoms with E-state index < -0.39 is 5.97 Å². The number of piperidine rings is 1. The molecule has 3 N–H and O–H groups in total. The molecule has 1 unspecified atom stereocenters. The zero-order valence-electron chi connectivity index (χ0n) is 11.7. The van der Waals surface area contributed by atoms with Gasteiger partial charge in [-0.05, 0) is 43.9 Å². The quantitative estimate of drug-likeness (QED) is 0.838. The van der Waals surface area contributed by atoms with Gasteiger partial charge in [-0.1, -0.05) is 11.6 Å². The fraction of sp³-hybridized carbons (Fsp3) is 0.467. The highest BCUT2D eigenvalue weighted by atomic mass is 35.5. The van der Waals surface area contributed by atoms with E-state index in [1.165, 1.54) is 0 Å². The van der Waals surface area contributed by atoms with Gasteiger partial charge in [0.1, 0.15) is 0 Å². The Labute approximate surface area is 128 Å². The number of benzene rings is 1. The fourth-order valence-corrected chi connectivity index (χ4v) is 2.82. The van der Waals surface area contributed by atoms with E-state index in [0.29, 0.717) is 29.2 Å². The summed E-state index contributed by atoms with van der Waals surface area (Å²) in [6.07, 6.45) is 3.39. The number of carboxylic acids is 1. The number of hydrogen-bond donors (Lipinski definition) is 2. The Hall–Kier alpha value is -1.75. The molecule has 0 saturated carbocycles. The lowest BCUT2D eigenvalue weighted by Gasteiger charge is -2.35. The Morgan fingerprint density at radius 3 is 2.81 bits per heavy atom. The SMILES string of the molecule is Nc1cc(C(=O)N2CCCCC2CCC(=O)O)ccc1Cl. The van der Waals surface area contributed by atoms with Gasteiger partial charge in [-0.2, -0.15) is 0 Å². The highest BCUT2D eigenvalue weighted by molar-refractivity contribution is 6.33. The molecule has 0 bridgehead atoms. The number of nitrogens with zero attached hydrogens (tertiary/aromatic N) is 1. The molecule has 21 heavy (non-hydrogen) atoms. The molecule has 0 aliphatic carbocycles. The summed E-state index contributed by atoms with van der Waals surface area (Å²) in [5.74, 6) is -0.933. The number of halogens is 1. The van der Waals surface area contributed by atoms with E-state index in [0.717, 1.165) is 19.3 Å². The molecular formula is C15H19ClN2O3. The first-order valence-electron chi connectivity index (χ1n) is 7.07. The average Bonchev–Trinajstić information content (AvgIpc) is 2.47. The Morgan fingerprint density at radius 1 is 1.38 bits per heavy atom. The molecule has 0 radical (unpaired) electrons. The van der Waals surface area contributed by atoms with Crippen LogP contribution in [0.2, 0.25) is 5.02 Å². The maximum atomic E-state index is 12.6. The second-order valence-corrected chi connectivity index (χ2v) is 5.72. The van der Waals surface area contributed by atoms with Crippen molar-refractivity contribution in [1.82, 2.24) is 4.90 Å². The van der Waals surface area contributed by atoms with Crippen molar-refractivity contribution < 1.29 is 14.7 Å². The first-order valence-corrected chi connectivity index (χ1v) is 7.44. The lowest BCUT2D eigenvalue weighted by atomic mass is 9.97. The van der Waals surface area contributed by atoms with Gasteiger partial charge in [0.05, 0.1) is 10.7 Å². The van der Waals surface area contributed by atoms with Crippen LogP contribution in [0.3, 0.4) is 0 Å². The summed E-state index contributed by atoms with van der Waals surface area (Å²) in [7, 11) is 0. The topological polar surface area (TPSA) is 83.6 Å². The summed E-state index contributed by atoms with van der Waals surface area (Å²) >= 11 is 5.87. The highest BCUT2D eigenvalue weighted by Gasteiger charge is 2.27. The van der Waals surface area contributed by atoms with Crippen LogP contribution >= 0.6 is 11.6 Å². The summed E-state index contributed by atoms with van der Waals surface area (Å²) < 4.78 is 0. The molecule has 2 rings (SSSR count). The van der Waals surface area contributed by atoms with Crippen LogP contribution < -0.4 is 5.73 Å². The molecule has 1 amide bonds. The lowest BCUT2D eigenvalue weighted by molar-refractivity contribution is -0.137. The van der Waals surface area contributed by atoms with Crippen molar-refractivity contribution in [2.75, 3.05) is 12.3 Å². The predicted molar refractivity (Wildman–Crippen MR) is 81.4 cm³/mol. The largest absolute Gasteiger partial charge is 0.481 e. The van der Waals surface area contributed by atoms with Crippen molar-refractivity contribution in [2.24, 2.45) is 0 Å². The van der Waals surface area contributed by atoms with E-state index in [2.05, 4.69) is 0 Å². The minimum Gasteiger partial charge on any atom is -0.481 e. The molecule has 5 nitrogen and oxygen atoms in total. The lowest BCUT2D eigenvalue weighted by Crippen LogP contribution is -2.44. The van der Waals surface area contributed by atoms with E-state index in [1.807, 2.05) is 0 Å². The normalized spacial score (nSPS) is 18.5. The molecule has 1 fully saturated rings.